The van der Waals surface area contributed by atoms with Gasteiger partial charge in [0.15, 0.2) is 0 Å². The zero-order chi connectivity index (χ0) is 13.0. The van der Waals surface area contributed by atoms with Crippen molar-refractivity contribution in [3.63, 3.8) is 0 Å². The Bertz CT molecular complexity index is 336. The molecule has 0 bridgehead atoms. The Hall–Kier alpha value is -1.44. The average molecular weight is 261 g/mol. The zero-order valence-electron chi connectivity index (χ0n) is 9.38. The van der Waals surface area contributed by atoms with E-state index in [0.717, 1.165) is 0 Å². The van der Waals surface area contributed by atoms with Crippen LogP contribution in [0.2, 0.25) is 0 Å². The minimum absolute atomic E-state index is 0.0322. The van der Waals surface area contributed by atoms with Crippen molar-refractivity contribution in [3.05, 3.63) is 0 Å². The first-order valence-corrected chi connectivity index (χ1v) is 6.23. The van der Waals surface area contributed by atoms with Crippen molar-refractivity contribution in [2.24, 2.45) is 5.73 Å². The lowest BCUT2D eigenvalue weighted by atomic mass is 10.2. The summed E-state index contributed by atoms with van der Waals surface area (Å²) in [5.41, 5.74) is 5.00. The van der Waals surface area contributed by atoms with Gasteiger partial charge in [-0.1, -0.05) is 0 Å². The van der Waals surface area contributed by atoms with Crippen LogP contribution in [0, 0.1) is 0 Å². The number of hydrogen-bond donors (Lipinski definition) is 3. The van der Waals surface area contributed by atoms with E-state index in [1.807, 2.05) is 0 Å². The summed E-state index contributed by atoms with van der Waals surface area (Å²) in [6, 6.07) is -1.68. The number of nitrogens with zero attached hydrogens (tertiary/aromatic N) is 1. The SMILES string of the molecule is CC(CC(N)=O)NC(=O)N1CSC[C@H]1C(=O)O. The molecule has 96 valence electrons. The Kier molecular flexibility index (Phi) is 4.62. The summed E-state index contributed by atoms with van der Waals surface area (Å²) in [4.78, 5) is 34.5. The van der Waals surface area contributed by atoms with Crippen LogP contribution in [0.5, 0.6) is 0 Å². The molecule has 0 aliphatic carbocycles. The molecule has 1 aliphatic heterocycles. The summed E-state index contributed by atoms with van der Waals surface area (Å²) in [7, 11) is 0. The van der Waals surface area contributed by atoms with E-state index in [1.54, 1.807) is 6.92 Å². The van der Waals surface area contributed by atoms with E-state index < -0.39 is 30.0 Å². The van der Waals surface area contributed by atoms with Crippen molar-refractivity contribution in [1.82, 2.24) is 10.2 Å². The topological polar surface area (TPSA) is 113 Å². The van der Waals surface area contributed by atoms with Crippen LogP contribution in [0.15, 0.2) is 0 Å². The molecular formula is C9H15N3O4S. The fraction of sp³-hybridized carbons (Fsp3) is 0.667. The number of nitrogens with two attached hydrogens (primary N) is 1. The van der Waals surface area contributed by atoms with Crippen molar-refractivity contribution >= 4 is 29.7 Å². The molecule has 1 aliphatic rings. The minimum atomic E-state index is -1.02. The molecule has 4 N–H and O–H groups in total. The molecule has 1 saturated heterocycles. The highest BCUT2D eigenvalue weighted by atomic mass is 32.2. The van der Waals surface area contributed by atoms with Gasteiger partial charge in [-0.3, -0.25) is 4.79 Å². The maximum atomic E-state index is 11.7. The quantitative estimate of drug-likeness (QED) is 0.626. The second kappa shape index (κ2) is 5.76. The Morgan fingerprint density at radius 3 is 2.76 bits per heavy atom. The van der Waals surface area contributed by atoms with Crippen LogP contribution in [0.25, 0.3) is 0 Å². The normalized spacial score (nSPS) is 21.0. The number of carbonyl (C=O) groups is 3. The van der Waals surface area contributed by atoms with E-state index in [0.29, 0.717) is 11.6 Å². The molecule has 1 rings (SSSR count). The third-order valence-corrected chi connectivity index (χ3v) is 3.32. The second-order valence-corrected chi connectivity index (χ2v) is 4.84. The largest absolute Gasteiger partial charge is 0.480 e. The molecule has 0 saturated carbocycles. The molecule has 1 unspecified atom stereocenters. The first-order chi connectivity index (χ1) is 7.91. The lowest BCUT2D eigenvalue weighted by Crippen LogP contribution is -2.49. The van der Waals surface area contributed by atoms with E-state index in [2.05, 4.69) is 5.32 Å². The molecule has 0 spiro atoms. The van der Waals surface area contributed by atoms with Gasteiger partial charge in [-0.05, 0) is 6.92 Å². The third kappa shape index (κ3) is 3.81. The predicted octanol–water partition coefficient (Wildman–Crippen LogP) is -0.581. The molecule has 3 amide bonds. The number of urea groups is 1. The van der Waals surface area contributed by atoms with Crippen LogP contribution in [0.4, 0.5) is 4.79 Å². The van der Waals surface area contributed by atoms with E-state index >= 15 is 0 Å². The Labute approximate surface area is 103 Å². The molecule has 0 aromatic carbocycles. The van der Waals surface area contributed by atoms with Gasteiger partial charge in [0.2, 0.25) is 5.91 Å². The summed E-state index contributed by atoms with van der Waals surface area (Å²) in [6.07, 6.45) is 0.0322. The highest BCUT2D eigenvalue weighted by Crippen LogP contribution is 2.20. The average Bonchev–Trinajstić information content (AvgIpc) is 2.63. The molecule has 1 fully saturated rings. The zero-order valence-corrected chi connectivity index (χ0v) is 10.2. The van der Waals surface area contributed by atoms with Gasteiger partial charge in [0, 0.05) is 18.2 Å². The molecule has 0 aromatic rings. The smallest absolute Gasteiger partial charge is 0.327 e. The van der Waals surface area contributed by atoms with Gasteiger partial charge in [0.05, 0.1) is 5.88 Å². The molecule has 8 heteroatoms. The monoisotopic (exact) mass is 261 g/mol. The number of hydrogen-bond acceptors (Lipinski definition) is 4. The summed E-state index contributed by atoms with van der Waals surface area (Å²) in [6.45, 7) is 1.64. The number of thioether (sulfide) groups is 1. The molecule has 0 aromatic heterocycles. The summed E-state index contributed by atoms with van der Waals surface area (Å²) in [5, 5.41) is 11.5. The van der Waals surface area contributed by atoms with E-state index in [9.17, 15) is 14.4 Å². The second-order valence-electron chi connectivity index (χ2n) is 3.84. The number of carbonyl (C=O) groups excluding carboxylic acids is 2. The van der Waals surface area contributed by atoms with Gasteiger partial charge >= 0.3 is 12.0 Å². The van der Waals surface area contributed by atoms with E-state index in [4.69, 9.17) is 10.8 Å². The first kappa shape index (κ1) is 13.6. The standard InChI is InChI=1S/C9H15N3O4S/c1-5(2-7(10)13)11-9(16)12-4-17-3-6(12)8(14)15/h5-6H,2-4H2,1H3,(H2,10,13)(H,11,16)(H,14,15)/t5?,6-/m0/s1. The molecule has 17 heavy (non-hydrogen) atoms. The number of rotatable bonds is 4. The number of amides is 3. The third-order valence-electron chi connectivity index (χ3n) is 2.31. The maximum Gasteiger partial charge on any atom is 0.327 e. The molecule has 0 radical (unpaired) electrons. The van der Waals surface area contributed by atoms with Gasteiger partial charge in [-0.25, -0.2) is 9.59 Å². The Morgan fingerprint density at radius 1 is 1.59 bits per heavy atom. The van der Waals surface area contributed by atoms with Gasteiger partial charge in [0.1, 0.15) is 6.04 Å². The minimum Gasteiger partial charge on any atom is -0.480 e. The lowest BCUT2D eigenvalue weighted by molar-refractivity contribution is -0.140. The summed E-state index contributed by atoms with van der Waals surface area (Å²) < 4.78 is 0. The summed E-state index contributed by atoms with van der Waals surface area (Å²) >= 11 is 1.38. The predicted molar refractivity (Wildman–Crippen MR) is 62.4 cm³/mol. The highest BCUT2D eigenvalue weighted by Gasteiger charge is 2.34. The van der Waals surface area contributed by atoms with Crippen molar-refractivity contribution in [3.8, 4) is 0 Å². The number of carboxylic acids is 1. The molecule has 7 nitrogen and oxygen atoms in total. The van der Waals surface area contributed by atoms with Gasteiger partial charge in [0.25, 0.3) is 0 Å². The summed E-state index contributed by atoms with van der Waals surface area (Å²) in [5.74, 6) is -0.810. The van der Waals surface area contributed by atoms with Crippen LogP contribution >= 0.6 is 11.8 Å². The van der Waals surface area contributed by atoms with Crippen molar-refractivity contribution < 1.29 is 19.5 Å². The van der Waals surface area contributed by atoms with Crippen LogP contribution in [-0.4, -0.2) is 51.6 Å². The van der Waals surface area contributed by atoms with Crippen LogP contribution in [-0.2, 0) is 9.59 Å². The highest BCUT2D eigenvalue weighted by molar-refractivity contribution is 7.99. The Morgan fingerprint density at radius 2 is 2.24 bits per heavy atom. The number of nitrogens with one attached hydrogen (secondary N) is 1. The number of carboxylic acid groups (broad SMARTS) is 1. The lowest BCUT2D eigenvalue weighted by Gasteiger charge is -2.23. The van der Waals surface area contributed by atoms with Gasteiger partial charge in [-0.2, -0.15) is 0 Å². The van der Waals surface area contributed by atoms with E-state index in [1.165, 1.54) is 16.7 Å². The Balaban J connectivity index is 2.52. The van der Waals surface area contributed by atoms with Crippen LogP contribution in [0.3, 0.4) is 0 Å². The van der Waals surface area contributed by atoms with Crippen LogP contribution in [0.1, 0.15) is 13.3 Å². The fourth-order valence-corrected chi connectivity index (χ4v) is 2.64. The van der Waals surface area contributed by atoms with Gasteiger partial charge < -0.3 is 21.1 Å². The molecule has 1 heterocycles. The maximum absolute atomic E-state index is 11.7. The van der Waals surface area contributed by atoms with Crippen LogP contribution < -0.4 is 11.1 Å². The number of aliphatic carboxylic acids is 1. The van der Waals surface area contributed by atoms with Crippen molar-refractivity contribution in [2.45, 2.75) is 25.4 Å². The van der Waals surface area contributed by atoms with Crippen molar-refractivity contribution in [2.75, 3.05) is 11.6 Å². The molecule has 2 atom stereocenters. The first-order valence-electron chi connectivity index (χ1n) is 5.07. The van der Waals surface area contributed by atoms with E-state index in [-0.39, 0.29) is 6.42 Å². The fourth-order valence-electron chi connectivity index (χ4n) is 1.49. The van der Waals surface area contributed by atoms with Crippen molar-refractivity contribution in [1.29, 1.82) is 0 Å². The van der Waals surface area contributed by atoms with Gasteiger partial charge in [-0.15, -0.1) is 11.8 Å². The molecular weight excluding hydrogens is 246 g/mol. The number of primary amides is 1.